The summed E-state index contributed by atoms with van der Waals surface area (Å²) in [6.45, 7) is 3.75. The number of hydrogen-bond acceptors (Lipinski definition) is 3. The van der Waals surface area contributed by atoms with Gasteiger partial charge in [0.25, 0.3) is 0 Å². The first kappa shape index (κ1) is 7.49. The third-order valence-corrected chi connectivity index (χ3v) is 1.89. The third-order valence-electron chi connectivity index (χ3n) is 1.64. The quantitative estimate of drug-likeness (QED) is 0.619. The van der Waals surface area contributed by atoms with Crippen LogP contribution in [-0.2, 0) is 0 Å². The van der Waals surface area contributed by atoms with Gasteiger partial charge in [0, 0.05) is 6.20 Å². The van der Waals surface area contributed by atoms with Gasteiger partial charge >= 0.3 is 0 Å². The fourth-order valence-electron chi connectivity index (χ4n) is 1.09. The molecular weight excluding hydrogens is 176 g/mol. The Morgan fingerprint density at radius 3 is 2.83 bits per heavy atom. The number of aromatic nitrogens is 4. The molecule has 0 N–H and O–H groups in total. The topological polar surface area (TPSA) is 43.1 Å². The van der Waals surface area contributed by atoms with Gasteiger partial charge in [-0.05, 0) is 13.8 Å². The fourth-order valence-corrected chi connectivity index (χ4v) is 1.35. The first-order valence-corrected chi connectivity index (χ1v) is 3.91. The molecule has 2 heterocycles. The molecule has 0 amide bonds. The molecule has 2 aromatic heterocycles. The van der Waals surface area contributed by atoms with E-state index < -0.39 is 0 Å². The summed E-state index contributed by atoms with van der Waals surface area (Å²) in [7, 11) is 0. The summed E-state index contributed by atoms with van der Waals surface area (Å²) < 4.78 is 1.82. The number of hydrogen-bond donors (Lipinski definition) is 0. The van der Waals surface area contributed by atoms with Gasteiger partial charge in [0.2, 0.25) is 0 Å². The molecule has 0 saturated carbocycles. The lowest BCUT2D eigenvalue weighted by Crippen LogP contribution is -1.93. The van der Waals surface area contributed by atoms with Crippen LogP contribution >= 0.6 is 11.6 Å². The van der Waals surface area contributed by atoms with Gasteiger partial charge in [-0.3, -0.25) is 4.40 Å². The Bertz CT molecular complexity index is 434. The molecule has 0 aliphatic heterocycles. The van der Waals surface area contributed by atoms with Crippen LogP contribution in [0.5, 0.6) is 0 Å². The van der Waals surface area contributed by atoms with E-state index in [1.807, 2.05) is 24.4 Å². The summed E-state index contributed by atoms with van der Waals surface area (Å²) in [5.41, 5.74) is 1.47. The second-order valence-corrected chi connectivity index (χ2v) is 2.97. The zero-order valence-corrected chi connectivity index (χ0v) is 7.50. The van der Waals surface area contributed by atoms with Crippen molar-refractivity contribution in [2.45, 2.75) is 13.8 Å². The van der Waals surface area contributed by atoms with E-state index in [2.05, 4.69) is 15.2 Å². The van der Waals surface area contributed by atoms with Crippen molar-refractivity contribution in [3.63, 3.8) is 0 Å². The van der Waals surface area contributed by atoms with Crippen LogP contribution in [-0.4, -0.2) is 19.6 Å². The Labute approximate surface area is 74.2 Å². The summed E-state index contributed by atoms with van der Waals surface area (Å²) in [5, 5.41) is 8.16. The molecule has 0 atom stereocenters. The van der Waals surface area contributed by atoms with E-state index in [0.717, 1.165) is 11.5 Å². The summed E-state index contributed by atoms with van der Waals surface area (Å²) in [5.74, 6) is 0.817. The van der Waals surface area contributed by atoms with E-state index in [1.165, 1.54) is 0 Å². The second kappa shape index (κ2) is 2.42. The molecular formula is C7H7ClN4. The maximum absolute atomic E-state index is 5.84. The van der Waals surface area contributed by atoms with Gasteiger partial charge in [-0.1, -0.05) is 11.6 Å². The number of rotatable bonds is 0. The molecule has 5 heteroatoms. The van der Waals surface area contributed by atoms with E-state index in [-0.39, 0.29) is 0 Å². The van der Waals surface area contributed by atoms with E-state index in [9.17, 15) is 0 Å². The molecule has 0 aromatic carbocycles. The zero-order chi connectivity index (χ0) is 8.72. The largest absolute Gasteiger partial charge is 0.282 e. The fraction of sp³-hybridized carbons (Fsp3) is 0.286. The SMILES string of the molecule is Cc1cn2c(C)nnc2c(Cl)n1. The van der Waals surface area contributed by atoms with Crippen LogP contribution in [0, 0.1) is 13.8 Å². The van der Waals surface area contributed by atoms with Crippen LogP contribution in [0.2, 0.25) is 5.15 Å². The highest BCUT2D eigenvalue weighted by molar-refractivity contribution is 6.32. The Hall–Kier alpha value is -1.16. The molecule has 0 bridgehead atoms. The van der Waals surface area contributed by atoms with Crippen molar-refractivity contribution < 1.29 is 0 Å². The molecule has 2 rings (SSSR count). The van der Waals surface area contributed by atoms with Gasteiger partial charge in [0.1, 0.15) is 5.82 Å². The number of halogens is 1. The van der Waals surface area contributed by atoms with Gasteiger partial charge in [0.05, 0.1) is 5.69 Å². The van der Waals surface area contributed by atoms with E-state index in [1.54, 1.807) is 0 Å². The minimum atomic E-state index is 0.399. The molecule has 0 radical (unpaired) electrons. The van der Waals surface area contributed by atoms with Gasteiger partial charge < -0.3 is 0 Å². The molecule has 12 heavy (non-hydrogen) atoms. The van der Waals surface area contributed by atoms with Crippen molar-refractivity contribution in [1.29, 1.82) is 0 Å². The molecule has 0 unspecified atom stereocenters. The van der Waals surface area contributed by atoms with Gasteiger partial charge in [-0.25, -0.2) is 4.98 Å². The van der Waals surface area contributed by atoms with Crippen molar-refractivity contribution in [3.8, 4) is 0 Å². The Morgan fingerprint density at radius 1 is 1.33 bits per heavy atom. The Kier molecular flexibility index (Phi) is 1.51. The summed E-state index contributed by atoms with van der Waals surface area (Å²) in [4.78, 5) is 4.06. The highest BCUT2D eigenvalue weighted by atomic mass is 35.5. The van der Waals surface area contributed by atoms with E-state index in [0.29, 0.717) is 10.8 Å². The lowest BCUT2D eigenvalue weighted by Gasteiger charge is -1.97. The Morgan fingerprint density at radius 2 is 2.08 bits per heavy atom. The first-order chi connectivity index (χ1) is 5.68. The summed E-state index contributed by atoms with van der Waals surface area (Å²) >= 11 is 5.84. The predicted molar refractivity (Wildman–Crippen MR) is 45.3 cm³/mol. The Balaban J connectivity index is 2.92. The van der Waals surface area contributed by atoms with Crippen molar-refractivity contribution in [2.24, 2.45) is 0 Å². The smallest absolute Gasteiger partial charge is 0.198 e. The highest BCUT2D eigenvalue weighted by Gasteiger charge is 2.05. The van der Waals surface area contributed by atoms with Crippen LogP contribution < -0.4 is 0 Å². The molecule has 2 aromatic rings. The zero-order valence-electron chi connectivity index (χ0n) is 6.74. The maximum atomic E-state index is 5.84. The second-order valence-electron chi connectivity index (χ2n) is 2.61. The molecule has 0 saturated heterocycles. The number of nitrogens with zero attached hydrogens (tertiary/aromatic N) is 4. The lowest BCUT2D eigenvalue weighted by molar-refractivity contribution is 0.989. The molecule has 4 nitrogen and oxygen atoms in total. The lowest BCUT2D eigenvalue weighted by atomic mass is 10.5. The molecule has 0 aliphatic rings. The molecule has 0 spiro atoms. The minimum Gasteiger partial charge on any atom is -0.282 e. The van der Waals surface area contributed by atoms with Crippen LogP contribution in [0.1, 0.15) is 11.5 Å². The number of fused-ring (bicyclic) bond motifs is 1. The average molecular weight is 183 g/mol. The average Bonchev–Trinajstić information content (AvgIpc) is 2.33. The van der Waals surface area contributed by atoms with Crippen LogP contribution in [0.15, 0.2) is 6.20 Å². The van der Waals surface area contributed by atoms with Crippen molar-refractivity contribution in [1.82, 2.24) is 19.6 Å². The molecule has 0 aliphatic carbocycles. The standard InChI is InChI=1S/C7H7ClN4/c1-4-3-12-5(2)10-11-7(12)6(8)9-4/h3H,1-2H3. The first-order valence-electron chi connectivity index (χ1n) is 3.53. The number of aryl methyl sites for hydroxylation is 2. The molecule has 0 fully saturated rings. The normalized spacial score (nSPS) is 10.9. The highest BCUT2D eigenvalue weighted by Crippen LogP contribution is 2.13. The van der Waals surface area contributed by atoms with Crippen molar-refractivity contribution in [3.05, 3.63) is 22.9 Å². The van der Waals surface area contributed by atoms with Crippen LogP contribution in [0.25, 0.3) is 5.65 Å². The van der Waals surface area contributed by atoms with Crippen LogP contribution in [0.3, 0.4) is 0 Å². The third kappa shape index (κ3) is 0.956. The maximum Gasteiger partial charge on any atom is 0.198 e. The van der Waals surface area contributed by atoms with E-state index in [4.69, 9.17) is 11.6 Å². The van der Waals surface area contributed by atoms with Gasteiger partial charge in [0.15, 0.2) is 10.8 Å². The summed E-state index contributed by atoms with van der Waals surface area (Å²) in [6.07, 6.45) is 1.86. The monoisotopic (exact) mass is 182 g/mol. The summed E-state index contributed by atoms with van der Waals surface area (Å²) in [6, 6.07) is 0. The van der Waals surface area contributed by atoms with Crippen molar-refractivity contribution >= 4 is 17.2 Å². The molecule has 62 valence electrons. The van der Waals surface area contributed by atoms with E-state index >= 15 is 0 Å². The van der Waals surface area contributed by atoms with Gasteiger partial charge in [-0.15, -0.1) is 10.2 Å². The van der Waals surface area contributed by atoms with Gasteiger partial charge in [-0.2, -0.15) is 0 Å². The van der Waals surface area contributed by atoms with Crippen molar-refractivity contribution in [2.75, 3.05) is 0 Å². The minimum absolute atomic E-state index is 0.399. The van der Waals surface area contributed by atoms with Crippen LogP contribution in [0.4, 0.5) is 0 Å². The predicted octanol–water partition coefficient (Wildman–Crippen LogP) is 1.39.